The lowest BCUT2D eigenvalue weighted by Gasteiger charge is -2.31. The van der Waals surface area contributed by atoms with Crippen molar-refractivity contribution in [2.75, 3.05) is 30.8 Å². The molecule has 1 aromatic heterocycles. The number of rotatable bonds is 2. The van der Waals surface area contributed by atoms with Crippen LogP contribution in [0.4, 0.5) is 10.6 Å². The van der Waals surface area contributed by atoms with Gasteiger partial charge in [-0.2, -0.15) is 0 Å². The van der Waals surface area contributed by atoms with Crippen LogP contribution in [-0.4, -0.2) is 51.0 Å². The Bertz CT molecular complexity index is 650. The number of pyridine rings is 1. The number of carbonyl (C=O) groups is 1. The lowest BCUT2D eigenvalue weighted by atomic mass is 9.92. The Morgan fingerprint density at radius 1 is 1.33 bits per heavy atom. The molecule has 2 fully saturated rings. The van der Waals surface area contributed by atoms with Gasteiger partial charge in [-0.05, 0) is 25.2 Å². The Morgan fingerprint density at radius 3 is 2.62 bits per heavy atom. The quantitative estimate of drug-likeness (QED) is 0.859. The lowest BCUT2D eigenvalue weighted by Crippen LogP contribution is -2.44. The summed E-state index contributed by atoms with van der Waals surface area (Å²) in [6.45, 7) is 2.10. The van der Waals surface area contributed by atoms with Crippen molar-refractivity contribution >= 4 is 21.7 Å². The Labute approximate surface area is 123 Å². The third-order valence-electron chi connectivity index (χ3n) is 3.91. The number of sulfone groups is 1. The topological polar surface area (TPSA) is 88.6 Å². The van der Waals surface area contributed by atoms with Crippen molar-refractivity contribution in [3.63, 3.8) is 0 Å². The summed E-state index contributed by atoms with van der Waals surface area (Å²) < 4.78 is 28.4. The summed E-state index contributed by atoms with van der Waals surface area (Å²) >= 11 is 0. The minimum absolute atomic E-state index is 0.135. The van der Waals surface area contributed by atoms with Gasteiger partial charge in [-0.1, -0.05) is 0 Å². The number of carbonyl (C=O) groups excluding carboxylic acids is 1. The van der Waals surface area contributed by atoms with Gasteiger partial charge in [0.2, 0.25) is 0 Å². The summed E-state index contributed by atoms with van der Waals surface area (Å²) in [4.78, 5) is 17.7. The summed E-state index contributed by atoms with van der Waals surface area (Å²) in [7, 11) is -3.29. The molecule has 1 amide bonds. The molecule has 2 aliphatic rings. The van der Waals surface area contributed by atoms with Crippen molar-refractivity contribution in [2.24, 2.45) is 0 Å². The van der Waals surface area contributed by atoms with Crippen LogP contribution in [0.3, 0.4) is 0 Å². The number of amides is 1. The average Bonchev–Trinajstić information content (AvgIpc) is 2.75. The second kappa shape index (κ2) is 4.96. The second-order valence-electron chi connectivity index (χ2n) is 5.51. The first-order valence-electron chi connectivity index (χ1n) is 6.77. The van der Waals surface area contributed by atoms with Gasteiger partial charge in [-0.15, -0.1) is 0 Å². The van der Waals surface area contributed by atoms with E-state index < -0.39 is 21.5 Å². The molecule has 3 heterocycles. The van der Waals surface area contributed by atoms with Crippen LogP contribution in [0.25, 0.3) is 0 Å². The smallest absolute Gasteiger partial charge is 0.416 e. The lowest BCUT2D eigenvalue weighted by molar-refractivity contribution is 0.0316. The number of aromatic nitrogens is 1. The van der Waals surface area contributed by atoms with Crippen molar-refractivity contribution < 1.29 is 17.9 Å². The summed E-state index contributed by atoms with van der Waals surface area (Å²) in [5.74, 6) is 0.419. The molecule has 114 valence electrons. The van der Waals surface area contributed by atoms with Crippen LogP contribution in [-0.2, 0) is 14.6 Å². The van der Waals surface area contributed by atoms with Gasteiger partial charge in [0.05, 0.1) is 11.4 Å². The summed E-state index contributed by atoms with van der Waals surface area (Å²) in [6.07, 6.45) is 3.52. The first-order valence-corrected chi connectivity index (χ1v) is 8.66. The van der Waals surface area contributed by atoms with Crippen molar-refractivity contribution in [2.45, 2.75) is 23.3 Å². The molecule has 1 aromatic rings. The zero-order valence-electron chi connectivity index (χ0n) is 11.7. The van der Waals surface area contributed by atoms with E-state index in [2.05, 4.69) is 10.3 Å². The van der Waals surface area contributed by atoms with Crippen LogP contribution in [0.15, 0.2) is 23.2 Å². The van der Waals surface area contributed by atoms with Crippen molar-refractivity contribution in [1.82, 2.24) is 10.3 Å². The van der Waals surface area contributed by atoms with Gasteiger partial charge < -0.3 is 10.1 Å². The fourth-order valence-electron chi connectivity index (χ4n) is 2.69. The van der Waals surface area contributed by atoms with Gasteiger partial charge in [-0.3, -0.25) is 4.90 Å². The highest BCUT2D eigenvalue weighted by Crippen LogP contribution is 2.33. The Morgan fingerprint density at radius 2 is 2.05 bits per heavy atom. The maximum Gasteiger partial charge on any atom is 0.416 e. The molecule has 0 aliphatic carbocycles. The van der Waals surface area contributed by atoms with Crippen LogP contribution in [0.5, 0.6) is 0 Å². The Kier molecular flexibility index (Phi) is 3.37. The molecule has 0 unspecified atom stereocenters. The number of nitrogens with zero attached hydrogens (tertiary/aromatic N) is 2. The van der Waals surface area contributed by atoms with E-state index in [1.807, 2.05) is 0 Å². The number of hydrogen-bond donors (Lipinski definition) is 1. The molecule has 7 nitrogen and oxygen atoms in total. The third-order valence-corrected chi connectivity index (χ3v) is 5.01. The maximum absolute atomic E-state index is 12.1. The van der Waals surface area contributed by atoms with E-state index in [1.165, 1.54) is 23.2 Å². The van der Waals surface area contributed by atoms with E-state index in [4.69, 9.17) is 4.74 Å². The van der Waals surface area contributed by atoms with E-state index >= 15 is 0 Å². The highest BCUT2D eigenvalue weighted by Gasteiger charge is 2.46. The first-order chi connectivity index (χ1) is 9.90. The van der Waals surface area contributed by atoms with E-state index in [0.29, 0.717) is 12.4 Å². The van der Waals surface area contributed by atoms with Gasteiger partial charge in [0.25, 0.3) is 0 Å². The fourth-order valence-corrected chi connectivity index (χ4v) is 3.25. The molecule has 2 aliphatic heterocycles. The van der Waals surface area contributed by atoms with Crippen LogP contribution in [0, 0.1) is 0 Å². The van der Waals surface area contributed by atoms with Crippen molar-refractivity contribution in [3.05, 3.63) is 18.3 Å². The van der Waals surface area contributed by atoms with Crippen LogP contribution in [0.2, 0.25) is 0 Å². The fraction of sp³-hybridized carbons (Fsp3) is 0.538. The summed E-state index contributed by atoms with van der Waals surface area (Å²) in [6, 6.07) is 3.00. The zero-order chi connectivity index (χ0) is 15.1. The van der Waals surface area contributed by atoms with Crippen molar-refractivity contribution in [1.29, 1.82) is 0 Å². The van der Waals surface area contributed by atoms with Crippen LogP contribution < -0.4 is 10.2 Å². The molecule has 21 heavy (non-hydrogen) atoms. The normalized spacial score (nSPS) is 21.6. The minimum Gasteiger partial charge on any atom is -0.440 e. The van der Waals surface area contributed by atoms with E-state index in [1.54, 1.807) is 0 Å². The first kappa shape index (κ1) is 14.3. The monoisotopic (exact) mass is 311 g/mol. The van der Waals surface area contributed by atoms with Gasteiger partial charge in [0.1, 0.15) is 11.4 Å². The average molecular weight is 311 g/mol. The Hall–Kier alpha value is -1.67. The predicted molar refractivity (Wildman–Crippen MR) is 76.0 cm³/mol. The summed E-state index contributed by atoms with van der Waals surface area (Å²) in [5.41, 5.74) is -0.445. The van der Waals surface area contributed by atoms with E-state index in [0.717, 1.165) is 32.2 Å². The largest absolute Gasteiger partial charge is 0.440 e. The number of piperidine rings is 1. The van der Waals surface area contributed by atoms with Crippen LogP contribution in [0.1, 0.15) is 12.8 Å². The molecular formula is C13H17N3O4S. The molecular weight excluding hydrogens is 294 g/mol. The maximum atomic E-state index is 12.1. The van der Waals surface area contributed by atoms with Gasteiger partial charge in [0, 0.05) is 25.3 Å². The SMILES string of the molecule is CS(=O)(=O)c1ccc(N2CC3(CCNCC3)OC2=O)nc1. The van der Waals surface area contributed by atoms with Gasteiger partial charge >= 0.3 is 6.09 Å². The highest BCUT2D eigenvalue weighted by molar-refractivity contribution is 7.90. The van der Waals surface area contributed by atoms with Gasteiger partial charge in [-0.25, -0.2) is 18.2 Å². The van der Waals surface area contributed by atoms with Crippen LogP contribution >= 0.6 is 0 Å². The third kappa shape index (κ3) is 2.73. The molecule has 0 bridgehead atoms. The molecule has 0 saturated carbocycles. The number of anilines is 1. The number of nitrogens with one attached hydrogen (secondary N) is 1. The standard InChI is InChI=1S/C13H17N3O4S/c1-21(18,19)10-2-3-11(15-8-10)16-9-13(20-12(16)17)4-6-14-7-5-13/h2-3,8,14H,4-7,9H2,1H3. The molecule has 0 radical (unpaired) electrons. The molecule has 3 rings (SSSR count). The molecule has 1 spiro atoms. The van der Waals surface area contributed by atoms with Crippen molar-refractivity contribution in [3.8, 4) is 0 Å². The molecule has 0 aromatic carbocycles. The summed E-state index contributed by atoms with van der Waals surface area (Å²) in [5, 5.41) is 3.24. The number of ether oxygens (including phenoxy) is 1. The number of hydrogen-bond acceptors (Lipinski definition) is 6. The predicted octanol–water partition coefficient (Wildman–Crippen LogP) is 0.564. The highest BCUT2D eigenvalue weighted by atomic mass is 32.2. The molecule has 8 heteroatoms. The van der Waals surface area contributed by atoms with Gasteiger partial charge in [0.15, 0.2) is 9.84 Å². The van der Waals surface area contributed by atoms with E-state index in [-0.39, 0.29) is 4.90 Å². The molecule has 1 N–H and O–H groups in total. The molecule has 0 atom stereocenters. The second-order valence-corrected chi connectivity index (χ2v) is 7.53. The molecule has 2 saturated heterocycles. The zero-order valence-corrected chi connectivity index (χ0v) is 12.5. The Balaban J connectivity index is 1.82. The van der Waals surface area contributed by atoms with E-state index in [9.17, 15) is 13.2 Å². The minimum atomic E-state index is -3.29.